The van der Waals surface area contributed by atoms with E-state index in [1.807, 2.05) is 48.8 Å². The van der Waals surface area contributed by atoms with Gasteiger partial charge in [-0.15, -0.1) is 5.10 Å². The molecule has 0 spiro atoms. The zero-order valence-corrected chi connectivity index (χ0v) is 16.3. The zero-order chi connectivity index (χ0) is 20.8. The summed E-state index contributed by atoms with van der Waals surface area (Å²) in [6.07, 6.45) is 3.04. The molecule has 0 aliphatic carbocycles. The molecule has 5 aromatic rings. The molecular weight excluding hydrogens is 394 g/mol. The minimum Gasteiger partial charge on any atom is -0.485 e. The Morgan fingerprint density at radius 3 is 2.87 bits per heavy atom. The number of nitrogens with one attached hydrogen (secondary N) is 2. The van der Waals surface area contributed by atoms with E-state index < -0.39 is 6.10 Å². The average Bonchev–Trinajstić information content (AvgIpc) is 3.43. The van der Waals surface area contributed by atoms with E-state index in [9.17, 15) is 4.79 Å². The fourth-order valence-electron chi connectivity index (χ4n) is 3.68. The maximum atomic E-state index is 12.6. The van der Waals surface area contributed by atoms with E-state index in [1.165, 1.54) is 0 Å². The number of pyridine rings is 1. The van der Waals surface area contributed by atoms with Gasteiger partial charge in [-0.2, -0.15) is 4.98 Å². The molecule has 0 radical (unpaired) electrons. The summed E-state index contributed by atoms with van der Waals surface area (Å²) in [4.78, 5) is 20.2. The van der Waals surface area contributed by atoms with Crippen molar-refractivity contribution < 1.29 is 14.3 Å². The lowest BCUT2D eigenvalue weighted by atomic mass is 10.1. The standard InChI is InChI=1S/C23H17N5O3/c29-22(20-13-30-18-3-1-2-4-19(18)31-20)26-23-25-21-8-6-16(12-28(21)27-23)14-5-7-17-15(11-14)9-10-24-17/h1-12,20,24H,13H2,(H,26,27,29)/t20-/m1/s1. The van der Waals surface area contributed by atoms with Crippen molar-refractivity contribution in [3.05, 3.63) is 73.1 Å². The number of rotatable bonds is 3. The molecule has 1 aliphatic heterocycles. The van der Waals surface area contributed by atoms with Crippen LogP contribution in [-0.2, 0) is 4.79 Å². The van der Waals surface area contributed by atoms with Crippen LogP contribution in [-0.4, -0.2) is 38.2 Å². The monoisotopic (exact) mass is 411 g/mol. The Bertz CT molecular complexity index is 1440. The van der Waals surface area contributed by atoms with Crippen LogP contribution in [0.3, 0.4) is 0 Å². The van der Waals surface area contributed by atoms with Crippen molar-refractivity contribution in [3.8, 4) is 22.6 Å². The van der Waals surface area contributed by atoms with Crippen LogP contribution in [0.4, 0.5) is 5.95 Å². The summed E-state index contributed by atoms with van der Waals surface area (Å²) in [7, 11) is 0. The van der Waals surface area contributed by atoms with Gasteiger partial charge in [-0.3, -0.25) is 10.1 Å². The third-order valence-corrected chi connectivity index (χ3v) is 5.25. The van der Waals surface area contributed by atoms with Gasteiger partial charge in [0.1, 0.15) is 6.61 Å². The van der Waals surface area contributed by atoms with E-state index in [4.69, 9.17) is 9.47 Å². The van der Waals surface area contributed by atoms with Gasteiger partial charge in [0.15, 0.2) is 17.1 Å². The summed E-state index contributed by atoms with van der Waals surface area (Å²) < 4.78 is 13.0. The van der Waals surface area contributed by atoms with E-state index in [2.05, 4.69) is 32.5 Å². The number of aromatic amines is 1. The van der Waals surface area contributed by atoms with Gasteiger partial charge >= 0.3 is 0 Å². The van der Waals surface area contributed by atoms with Gasteiger partial charge in [-0.1, -0.05) is 18.2 Å². The molecule has 1 amide bonds. The number of hydrogen-bond acceptors (Lipinski definition) is 5. The summed E-state index contributed by atoms with van der Waals surface area (Å²) in [5.41, 5.74) is 3.79. The number of amides is 1. The smallest absolute Gasteiger partial charge is 0.271 e. The summed E-state index contributed by atoms with van der Waals surface area (Å²) >= 11 is 0. The number of ether oxygens (including phenoxy) is 2. The molecule has 0 fully saturated rings. The van der Waals surface area contributed by atoms with Crippen LogP contribution in [0.15, 0.2) is 73.1 Å². The van der Waals surface area contributed by atoms with Crippen LogP contribution in [0.1, 0.15) is 0 Å². The molecule has 3 aromatic heterocycles. The third-order valence-electron chi connectivity index (χ3n) is 5.25. The third kappa shape index (κ3) is 3.14. The van der Waals surface area contributed by atoms with Gasteiger partial charge in [-0.25, -0.2) is 4.52 Å². The first-order chi connectivity index (χ1) is 15.2. The molecule has 6 rings (SSSR count). The highest BCUT2D eigenvalue weighted by Gasteiger charge is 2.28. The SMILES string of the molecule is O=C(Nc1nc2ccc(-c3ccc4[nH]ccc4c3)cn2n1)[C@H]1COc2ccccc2O1. The predicted molar refractivity (Wildman–Crippen MR) is 115 cm³/mol. The number of H-pyrrole nitrogens is 1. The molecule has 1 aliphatic rings. The first-order valence-corrected chi connectivity index (χ1v) is 9.86. The van der Waals surface area contributed by atoms with Crippen LogP contribution in [0.5, 0.6) is 11.5 Å². The largest absolute Gasteiger partial charge is 0.485 e. The minimum absolute atomic E-state index is 0.127. The van der Waals surface area contributed by atoms with E-state index in [1.54, 1.807) is 16.6 Å². The second-order valence-corrected chi connectivity index (χ2v) is 7.29. The van der Waals surface area contributed by atoms with E-state index >= 15 is 0 Å². The fraction of sp³-hybridized carbons (Fsp3) is 0.0870. The Kier molecular flexibility index (Phi) is 3.89. The normalized spacial score (nSPS) is 15.3. The van der Waals surface area contributed by atoms with E-state index in [-0.39, 0.29) is 18.5 Å². The molecule has 152 valence electrons. The number of hydrogen-bond donors (Lipinski definition) is 2. The molecule has 0 saturated heterocycles. The number of para-hydroxylation sites is 2. The van der Waals surface area contributed by atoms with Crippen LogP contribution in [0.2, 0.25) is 0 Å². The van der Waals surface area contributed by atoms with Crippen LogP contribution in [0, 0.1) is 0 Å². The number of fused-ring (bicyclic) bond motifs is 3. The van der Waals surface area contributed by atoms with E-state index in [0.717, 1.165) is 22.0 Å². The Hall–Kier alpha value is -4.33. The first kappa shape index (κ1) is 17.5. The van der Waals surface area contributed by atoms with Crippen molar-refractivity contribution in [2.45, 2.75) is 6.10 Å². The highest BCUT2D eigenvalue weighted by atomic mass is 16.6. The molecule has 4 heterocycles. The van der Waals surface area contributed by atoms with Crippen molar-refractivity contribution in [1.29, 1.82) is 0 Å². The predicted octanol–water partition coefficient (Wildman–Crippen LogP) is 3.66. The minimum atomic E-state index is -0.773. The lowest BCUT2D eigenvalue weighted by Crippen LogP contribution is -2.40. The maximum Gasteiger partial charge on any atom is 0.271 e. The van der Waals surface area contributed by atoms with Crippen LogP contribution in [0.25, 0.3) is 27.7 Å². The van der Waals surface area contributed by atoms with Crippen molar-refractivity contribution >= 4 is 28.4 Å². The molecule has 31 heavy (non-hydrogen) atoms. The van der Waals surface area contributed by atoms with Crippen molar-refractivity contribution in [2.24, 2.45) is 0 Å². The second-order valence-electron chi connectivity index (χ2n) is 7.29. The van der Waals surface area contributed by atoms with Gasteiger partial charge in [0, 0.05) is 23.5 Å². The molecule has 8 heteroatoms. The highest BCUT2D eigenvalue weighted by molar-refractivity contribution is 5.93. The number of nitrogens with zero attached hydrogens (tertiary/aromatic N) is 3. The number of carbonyl (C=O) groups is 1. The molecule has 0 bridgehead atoms. The van der Waals surface area contributed by atoms with Crippen molar-refractivity contribution in [2.75, 3.05) is 11.9 Å². The van der Waals surface area contributed by atoms with E-state index in [0.29, 0.717) is 17.1 Å². The highest BCUT2D eigenvalue weighted by Crippen LogP contribution is 2.31. The van der Waals surface area contributed by atoms with Gasteiger partial charge < -0.3 is 14.5 Å². The summed E-state index contributed by atoms with van der Waals surface area (Å²) in [5, 5.41) is 8.26. The quantitative estimate of drug-likeness (QED) is 0.473. The summed E-state index contributed by atoms with van der Waals surface area (Å²) in [5.74, 6) is 1.03. The molecule has 1 atom stereocenters. The number of carbonyl (C=O) groups excluding carboxylic acids is 1. The van der Waals surface area contributed by atoms with Crippen LogP contribution >= 0.6 is 0 Å². The summed E-state index contributed by atoms with van der Waals surface area (Å²) in [6, 6.07) is 19.4. The Labute approximate surface area is 176 Å². The van der Waals surface area contributed by atoms with Gasteiger partial charge in [0.05, 0.1) is 0 Å². The number of benzene rings is 2. The Morgan fingerprint density at radius 1 is 1.06 bits per heavy atom. The van der Waals surface area contributed by atoms with Crippen molar-refractivity contribution in [1.82, 2.24) is 19.6 Å². The van der Waals surface area contributed by atoms with Gasteiger partial charge in [-0.05, 0) is 53.4 Å². The Balaban J connectivity index is 1.23. The molecule has 2 N–H and O–H groups in total. The maximum absolute atomic E-state index is 12.6. The molecular formula is C23H17N5O3. The lowest BCUT2D eigenvalue weighted by Gasteiger charge is -2.25. The Morgan fingerprint density at radius 2 is 1.94 bits per heavy atom. The van der Waals surface area contributed by atoms with Crippen LogP contribution < -0.4 is 14.8 Å². The lowest BCUT2D eigenvalue weighted by molar-refractivity contribution is -0.125. The zero-order valence-electron chi connectivity index (χ0n) is 16.3. The van der Waals surface area contributed by atoms with Gasteiger partial charge in [0.25, 0.3) is 5.91 Å². The fourth-order valence-corrected chi connectivity index (χ4v) is 3.68. The van der Waals surface area contributed by atoms with Crippen molar-refractivity contribution in [3.63, 3.8) is 0 Å². The number of aromatic nitrogens is 4. The first-order valence-electron chi connectivity index (χ1n) is 9.86. The topological polar surface area (TPSA) is 93.5 Å². The average molecular weight is 411 g/mol. The molecule has 8 nitrogen and oxygen atoms in total. The summed E-state index contributed by atoms with van der Waals surface area (Å²) in [6.45, 7) is 0.127. The number of anilines is 1. The molecule has 2 aromatic carbocycles. The molecule has 0 unspecified atom stereocenters. The second kappa shape index (κ2) is 6.88. The molecule has 0 saturated carbocycles. The van der Waals surface area contributed by atoms with Gasteiger partial charge in [0.2, 0.25) is 12.1 Å².